The lowest BCUT2D eigenvalue weighted by Crippen LogP contribution is -2.40. The molecule has 2 N–H and O–H groups in total. The number of hydrogen-bond donors (Lipinski definition) is 2. The molecule has 38 heavy (non-hydrogen) atoms. The Morgan fingerprint density at radius 1 is 1.16 bits per heavy atom. The molecule has 198 valence electrons. The van der Waals surface area contributed by atoms with Crippen LogP contribution in [0.3, 0.4) is 0 Å². The van der Waals surface area contributed by atoms with Crippen LogP contribution in [0.4, 0.5) is 0 Å². The van der Waals surface area contributed by atoms with Gasteiger partial charge in [-0.1, -0.05) is 30.0 Å². The molecule has 0 unspecified atom stereocenters. The van der Waals surface area contributed by atoms with Crippen molar-refractivity contribution in [3.8, 4) is 11.5 Å². The molecular formula is C24H23N5O7S2. The molecule has 1 aliphatic heterocycles. The van der Waals surface area contributed by atoms with Crippen LogP contribution in [-0.2, 0) is 24.3 Å². The molecule has 0 radical (unpaired) electrons. The number of aliphatic hydroxyl groups is 1. The number of para-hydroxylation sites is 2. The highest BCUT2D eigenvalue weighted by molar-refractivity contribution is 7.99. The first-order valence-electron chi connectivity index (χ1n) is 11.5. The van der Waals surface area contributed by atoms with Gasteiger partial charge in [0.05, 0.1) is 42.0 Å². The molecule has 2 aromatic carbocycles. The topological polar surface area (TPSA) is 161 Å². The summed E-state index contributed by atoms with van der Waals surface area (Å²) in [6.07, 6.45) is 0. The van der Waals surface area contributed by atoms with Crippen molar-refractivity contribution in [3.05, 3.63) is 60.1 Å². The standard InChI is InChI=1S/C24H23N5O7S2/c1-34-23(31)20(21-25-17-7-2-3-8-18(17)26-21)19(30)14-37-24-28-27-22(36-24)15-5-4-6-16(13-15)38(32,33)29-9-11-35-12-10-29/h2-8,13,30H,9-12,14H2,1H3,(H,25,26)/b20-19+. The van der Waals surface area contributed by atoms with Crippen molar-refractivity contribution in [1.29, 1.82) is 0 Å². The first kappa shape index (κ1) is 25.9. The second-order valence-corrected chi connectivity index (χ2v) is 11.0. The average Bonchev–Trinajstić information content (AvgIpc) is 3.60. The van der Waals surface area contributed by atoms with Crippen molar-refractivity contribution >= 4 is 44.4 Å². The Morgan fingerprint density at radius 3 is 2.71 bits per heavy atom. The first-order chi connectivity index (χ1) is 18.4. The Morgan fingerprint density at radius 2 is 1.95 bits per heavy atom. The number of carbonyl (C=O) groups excluding carboxylic acids is 1. The van der Waals surface area contributed by atoms with E-state index in [0.29, 0.717) is 29.8 Å². The van der Waals surface area contributed by atoms with E-state index < -0.39 is 16.0 Å². The van der Waals surface area contributed by atoms with Gasteiger partial charge in [-0.3, -0.25) is 0 Å². The maximum atomic E-state index is 13.0. The van der Waals surface area contributed by atoms with Crippen molar-refractivity contribution in [2.45, 2.75) is 10.1 Å². The van der Waals surface area contributed by atoms with E-state index in [9.17, 15) is 18.3 Å². The van der Waals surface area contributed by atoms with E-state index in [1.165, 1.54) is 23.5 Å². The summed E-state index contributed by atoms with van der Waals surface area (Å²) in [5.74, 6) is -0.860. The number of fused-ring (bicyclic) bond motifs is 1. The number of morpholine rings is 1. The molecule has 0 saturated carbocycles. The van der Waals surface area contributed by atoms with E-state index >= 15 is 0 Å². The molecule has 0 spiro atoms. The number of benzene rings is 2. The molecule has 0 aliphatic carbocycles. The minimum Gasteiger partial charge on any atom is -0.510 e. The van der Waals surface area contributed by atoms with Crippen molar-refractivity contribution < 1.29 is 32.2 Å². The molecule has 0 atom stereocenters. The molecule has 4 aromatic rings. The highest BCUT2D eigenvalue weighted by atomic mass is 32.2. The molecule has 1 aliphatic rings. The third-order valence-corrected chi connectivity index (χ3v) is 8.46. The summed E-state index contributed by atoms with van der Waals surface area (Å²) in [7, 11) is -2.49. The second kappa shape index (κ2) is 10.9. The first-order valence-corrected chi connectivity index (χ1v) is 13.9. The molecule has 0 amide bonds. The minimum absolute atomic E-state index is 0.0887. The van der Waals surface area contributed by atoms with Gasteiger partial charge < -0.3 is 24.0 Å². The number of ether oxygens (including phenoxy) is 2. The Bertz CT molecular complexity index is 1570. The number of aromatic amines is 1. The Labute approximate surface area is 221 Å². The summed E-state index contributed by atoms with van der Waals surface area (Å²) in [6, 6.07) is 13.5. The predicted octanol–water partition coefficient (Wildman–Crippen LogP) is 2.87. The molecule has 0 bridgehead atoms. The molecular weight excluding hydrogens is 534 g/mol. The van der Waals surface area contributed by atoms with Gasteiger partial charge in [0.25, 0.3) is 5.22 Å². The van der Waals surface area contributed by atoms with Gasteiger partial charge in [-0.15, -0.1) is 10.2 Å². The summed E-state index contributed by atoms with van der Waals surface area (Å²) in [4.78, 5) is 19.9. The lowest BCUT2D eigenvalue weighted by molar-refractivity contribution is -0.133. The summed E-state index contributed by atoms with van der Waals surface area (Å²) < 4.78 is 43.1. The molecule has 1 saturated heterocycles. The van der Waals surface area contributed by atoms with Gasteiger partial charge in [-0.25, -0.2) is 18.2 Å². The van der Waals surface area contributed by atoms with E-state index in [1.807, 2.05) is 12.1 Å². The summed E-state index contributed by atoms with van der Waals surface area (Å²) in [5, 5.41) is 18.8. The van der Waals surface area contributed by atoms with Crippen molar-refractivity contribution in [3.63, 3.8) is 0 Å². The van der Waals surface area contributed by atoms with E-state index in [2.05, 4.69) is 20.2 Å². The SMILES string of the molecule is COC(=O)/C(=C(/O)CSc1nnc(-c2cccc(S(=O)(=O)N3CCOCC3)c2)o1)c1nc2ccccc2[nH]1. The van der Waals surface area contributed by atoms with Gasteiger partial charge in [0, 0.05) is 18.7 Å². The van der Waals surface area contributed by atoms with E-state index in [1.54, 1.807) is 24.3 Å². The largest absolute Gasteiger partial charge is 0.510 e. The summed E-state index contributed by atoms with van der Waals surface area (Å²) in [5.41, 5.74) is 1.64. The van der Waals surface area contributed by atoms with Gasteiger partial charge in [0.15, 0.2) is 0 Å². The van der Waals surface area contributed by atoms with Crippen molar-refractivity contribution in [2.75, 3.05) is 39.2 Å². The predicted molar refractivity (Wildman–Crippen MR) is 138 cm³/mol. The van der Waals surface area contributed by atoms with Crippen LogP contribution in [0.1, 0.15) is 5.82 Å². The number of imidazole rings is 1. The van der Waals surface area contributed by atoms with Gasteiger partial charge in [-0.2, -0.15) is 4.31 Å². The fourth-order valence-electron chi connectivity index (χ4n) is 3.84. The fraction of sp³-hybridized carbons (Fsp3) is 0.250. The number of aliphatic hydroxyl groups excluding tert-OH is 1. The van der Waals surface area contributed by atoms with Gasteiger partial charge in [0.1, 0.15) is 17.2 Å². The minimum atomic E-state index is -3.70. The van der Waals surface area contributed by atoms with Crippen LogP contribution >= 0.6 is 11.8 Å². The number of aromatic nitrogens is 4. The number of rotatable bonds is 8. The lowest BCUT2D eigenvalue weighted by atomic mass is 10.2. The zero-order valence-corrected chi connectivity index (χ0v) is 21.8. The number of carbonyl (C=O) groups is 1. The van der Waals surface area contributed by atoms with Gasteiger partial charge >= 0.3 is 5.97 Å². The smallest absolute Gasteiger partial charge is 0.345 e. The maximum absolute atomic E-state index is 13.0. The van der Waals surface area contributed by atoms with Crippen molar-refractivity contribution in [2.24, 2.45) is 0 Å². The molecule has 14 heteroatoms. The molecule has 3 heterocycles. The number of nitrogens with zero attached hydrogens (tertiary/aromatic N) is 4. The van der Waals surface area contributed by atoms with E-state index in [4.69, 9.17) is 13.9 Å². The lowest BCUT2D eigenvalue weighted by Gasteiger charge is -2.26. The quantitative estimate of drug-likeness (QED) is 0.142. The van der Waals surface area contributed by atoms with Crippen LogP contribution < -0.4 is 0 Å². The number of H-pyrrole nitrogens is 1. The Balaban J connectivity index is 1.35. The number of sulfonamides is 1. The van der Waals surface area contributed by atoms with Crippen molar-refractivity contribution in [1.82, 2.24) is 24.5 Å². The van der Waals surface area contributed by atoms with Crippen LogP contribution in [0, 0.1) is 0 Å². The van der Waals surface area contributed by atoms with E-state index in [0.717, 1.165) is 11.8 Å². The highest BCUT2D eigenvalue weighted by Crippen LogP contribution is 2.29. The zero-order valence-electron chi connectivity index (χ0n) is 20.2. The highest BCUT2D eigenvalue weighted by Gasteiger charge is 2.27. The van der Waals surface area contributed by atoms with Gasteiger partial charge in [-0.05, 0) is 30.3 Å². The number of thioether (sulfide) groups is 1. The Hall–Kier alpha value is -3.72. The number of esters is 1. The number of hydrogen-bond acceptors (Lipinski definition) is 11. The third-order valence-electron chi connectivity index (χ3n) is 5.73. The zero-order chi connectivity index (χ0) is 26.7. The van der Waals surface area contributed by atoms with Crippen LogP contribution in [0.25, 0.3) is 28.1 Å². The van der Waals surface area contributed by atoms with E-state index in [-0.39, 0.29) is 52.0 Å². The fourth-order valence-corrected chi connectivity index (χ4v) is 5.93. The second-order valence-electron chi connectivity index (χ2n) is 8.12. The molecule has 2 aromatic heterocycles. The summed E-state index contributed by atoms with van der Waals surface area (Å²) in [6.45, 7) is 1.26. The van der Waals surface area contributed by atoms with Crippen LogP contribution in [0.2, 0.25) is 0 Å². The molecule has 1 fully saturated rings. The summed E-state index contributed by atoms with van der Waals surface area (Å²) >= 11 is 0.996. The van der Waals surface area contributed by atoms with Crippen LogP contribution in [-0.4, -0.2) is 83.1 Å². The van der Waals surface area contributed by atoms with Gasteiger partial charge in [0.2, 0.25) is 15.9 Å². The van der Waals surface area contributed by atoms with Crippen LogP contribution in [0.5, 0.6) is 0 Å². The number of nitrogens with one attached hydrogen (secondary N) is 1. The Kier molecular flexibility index (Phi) is 7.46. The maximum Gasteiger partial charge on any atom is 0.345 e. The normalized spacial score (nSPS) is 15.4. The molecule has 5 rings (SSSR count). The average molecular weight is 558 g/mol. The molecule has 12 nitrogen and oxygen atoms in total. The third kappa shape index (κ3) is 5.29. The monoisotopic (exact) mass is 557 g/mol. The number of methoxy groups -OCH3 is 1. The van der Waals surface area contributed by atoms with Crippen LogP contribution in [0.15, 0.2) is 68.8 Å².